The molecular weight excluding hydrogens is 364 g/mol. The van der Waals surface area contributed by atoms with Crippen LogP contribution < -0.4 is 10.6 Å². The van der Waals surface area contributed by atoms with Gasteiger partial charge in [-0.25, -0.2) is 4.79 Å². The molecule has 0 aromatic heterocycles. The van der Waals surface area contributed by atoms with Crippen LogP contribution in [0.25, 0.3) is 0 Å². The minimum Gasteiger partial charge on any atom is -0.452 e. The predicted octanol–water partition coefficient (Wildman–Crippen LogP) is 3.28. The van der Waals surface area contributed by atoms with Crippen LogP contribution in [0.4, 0.5) is 5.69 Å². The molecule has 0 radical (unpaired) electrons. The Morgan fingerprint density at radius 2 is 2.19 bits per heavy atom. The van der Waals surface area contributed by atoms with E-state index in [2.05, 4.69) is 16.7 Å². The summed E-state index contributed by atoms with van der Waals surface area (Å²) in [5, 5.41) is 5.39. The number of carbonyl (C=O) groups is 3. The number of benzene rings is 1. The molecule has 1 aromatic carbocycles. The number of fused-ring (bicyclic) bond motifs is 1. The number of hydrogen-bond donors (Lipinski definition) is 2. The van der Waals surface area contributed by atoms with Crippen molar-refractivity contribution in [3.05, 3.63) is 35.4 Å². The maximum Gasteiger partial charge on any atom is 0.338 e. The number of carbonyl (C=O) groups excluding carboxylic acids is 3. The third-order valence-corrected chi connectivity index (χ3v) is 5.81. The Kier molecular flexibility index (Phi) is 6.55. The molecule has 2 N–H and O–H groups in total. The van der Waals surface area contributed by atoms with Crippen LogP contribution in [-0.2, 0) is 14.3 Å². The van der Waals surface area contributed by atoms with Gasteiger partial charge in [-0.05, 0) is 57.2 Å². The highest BCUT2D eigenvalue weighted by Gasteiger charge is 2.24. The van der Waals surface area contributed by atoms with E-state index in [4.69, 9.17) is 4.74 Å². The second kappa shape index (κ2) is 9.08. The summed E-state index contributed by atoms with van der Waals surface area (Å²) in [6.45, 7) is 2.07. The van der Waals surface area contributed by atoms with Gasteiger partial charge in [0.2, 0.25) is 5.91 Å². The number of ether oxygens (including phenoxy) is 1. The predicted molar refractivity (Wildman–Crippen MR) is 105 cm³/mol. The summed E-state index contributed by atoms with van der Waals surface area (Å²) in [6.07, 6.45) is 7.80. The van der Waals surface area contributed by atoms with Gasteiger partial charge in [-0.1, -0.05) is 11.6 Å². The summed E-state index contributed by atoms with van der Waals surface area (Å²) in [4.78, 5) is 36.7. The summed E-state index contributed by atoms with van der Waals surface area (Å²) >= 11 is 1.45. The third-order valence-electron chi connectivity index (χ3n) is 4.63. The van der Waals surface area contributed by atoms with Crippen LogP contribution in [0.15, 0.2) is 34.7 Å². The highest BCUT2D eigenvalue weighted by Crippen LogP contribution is 2.36. The van der Waals surface area contributed by atoms with E-state index >= 15 is 0 Å². The molecule has 1 unspecified atom stereocenters. The van der Waals surface area contributed by atoms with Crippen molar-refractivity contribution in [2.75, 3.05) is 18.5 Å². The molecule has 1 aromatic rings. The molecule has 144 valence electrons. The molecule has 1 atom stereocenters. The van der Waals surface area contributed by atoms with Crippen molar-refractivity contribution >= 4 is 35.2 Å². The fraction of sp³-hybridized carbons (Fsp3) is 0.450. The van der Waals surface area contributed by atoms with Gasteiger partial charge < -0.3 is 15.4 Å². The molecule has 2 aliphatic rings. The number of allylic oxidation sites excluding steroid dienone is 1. The summed E-state index contributed by atoms with van der Waals surface area (Å²) < 4.78 is 5.09. The van der Waals surface area contributed by atoms with Crippen molar-refractivity contribution in [1.82, 2.24) is 5.32 Å². The van der Waals surface area contributed by atoms with Crippen LogP contribution in [0.1, 0.15) is 49.4 Å². The van der Waals surface area contributed by atoms with E-state index in [0.717, 1.165) is 24.2 Å². The second-order valence-corrected chi connectivity index (χ2v) is 8.13. The van der Waals surface area contributed by atoms with Crippen LogP contribution in [0.5, 0.6) is 0 Å². The van der Waals surface area contributed by atoms with Gasteiger partial charge in [-0.15, -0.1) is 11.8 Å². The van der Waals surface area contributed by atoms with Gasteiger partial charge >= 0.3 is 5.97 Å². The van der Waals surface area contributed by atoms with Crippen molar-refractivity contribution < 1.29 is 19.1 Å². The first-order chi connectivity index (χ1) is 13.0. The summed E-state index contributed by atoms with van der Waals surface area (Å²) in [5.74, 6) is -0.985. The lowest BCUT2D eigenvalue weighted by Gasteiger charge is -2.21. The van der Waals surface area contributed by atoms with E-state index in [9.17, 15) is 14.4 Å². The number of thioether (sulfide) groups is 1. The van der Waals surface area contributed by atoms with Crippen molar-refractivity contribution in [2.45, 2.75) is 49.2 Å². The molecule has 2 amide bonds. The Hall–Kier alpha value is -2.28. The minimum absolute atomic E-state index is 0.0922. The van der Waals surface area contributed by atoms with Gasteiger partial charge in [-0.3, -0.25) is 9.59 Å². The number of esters is 1. The molecule has 0 saturated heterocycles. The minimum atomic E-state index is -0.583. The average Bonchev–Trinajstić information content (AvgIpc) is 2.67. The fourth-order valence-electron chi connectivity index (χ4n) is 3.10. The van der Waals surface area contributed by atoms with Gasteiger partial charge in [-0.2, -0.15) is 0 Å². The maximum atomic E-state index is 12.2. The van der Waals surface area contributed by atoms with Gasteiger partial charge in [0.15, 0.2) is 6.61 Å². The van der Waals surface area contributed by atoms with E-state index in [1.165, 1.54) is 30.2 Å². The Balaban J connectivity index is 1.45. The zero-order valence-electron chi connectivity index (χ0n) is 15.4. The van der Waals surface area contributed by atoms with Crippen LogP contribution in [-0.4, -0.2) is 36.2 Å². The molecule has 27 heavy (non-hydrogen) atoms. The Bertz CT molecular complexity index is 775. The highest BCUT2D eigenvalue weighted by molar-refractivity contribution is 8.00. The number of anilines is 1. The quantitative estimate of drug-likeness (QED) is 0.577. The van der Waals surface area contributed by atoms with Crippen LogP contribution >= 0.6 is 11.8 Å². The number of hydrogen-bond acceptors (Lipinski definition) is 5. The van der Waals surface area contributed by atoms with Crippen molar-refractivity contribution in [2.24, 2.45) is 0 Å². The first-order valence-electron chi connectivity index (χ1n) is 9.26. The van der Waals surface area contributed by atoms with Crippen molar-refractivity contribution in [3.63, 3.8) is 0 Å². The zero-order chi connectivity index (χ0) is 19.2. The molecule has 1 aliphatic carbocycles. The summed E-state index contributed by atoms with van der Waals surface area (Å²) in [6, 6.07) is 5.01. The lowest BCUT2D eigenvalue weighted by atomic mass is 9.97. The standard InChI is InChI=1S/C20H24N2O4S/c1-13-19(24)22-16-11-15(7-8-17(16)27-13)20(25)26-12-18(23)21-10-9-14-5-3-2-4-6-14/h5,7-8,11,13H,2-4,6,9-10,12H2,1H3,(H,21,23)(H,22,24). The normalized spacial score (nSPS) is 18.8. The van der Waals surface area contributed by atoms with Gasteiger partial charge in [0.05, 0.1) is 16.5 Å². The molecule has 1 aliphatic heterocycles. The summed E-state index contributed by atoms with van der Waals surface area (Å²) in [7, 11) is 0. The number of rotatable bonds is 6. The monoisotopic (exact) mass is 388 g/mol. The SMILES string of the molecule is CC1Sc2ccc(C(=O)OCC(=O)NCCC3=CCCCC3)cc2NC1=O. The first-order valence-corrected chi connectivity index (χ1v) is 10.1. The lowest BCUT2D eigenvalue weighted by Crippen LogP contribution is -2.30. The van der Waals surface area contributed by atoms with E-state index in [1.807, 2.05) is 6.92 Å². The van der Waals surface area contributed by atoms with Gasteiger partial charge in [0.25, 0.3) is 5.91 Å². The largest absolute Gasteiger partial charge is 0.452 e. The van der Waals surface area contributed by atoms with E-state index in [1.54, 1.807) is 18.2 Å². The fourth-order valence-corrected chi connectivity index (χ4v) is 4.03. The molecule has 1 heterocycles. The Labute approximate surface area is 163 Å². The molecule has 6 nitrogen and oxygen atoms in total. The van der Waals surface area contributed by atoms with Gasteiger partial charge in [0, 0.05) is 11.4 Å². The molecule has 7 heteroatoms. The van der Waals surface area contributed by atoms with Gasteiger partial charge in [0.1, 0.15) is 0 Å². The zero-order valence-corrected chi connectivity index (χ0v) is 16.2. The Morgan fingerprint density at radius 3 is 2.96 bits per heavy atom. The number of amides is 2. The maximum absolute atomic E-state index is 12.2. The molecule has 3 rings (SSSR count). The van der Waals surface area contributed by atoms with Crippen LogP contribution in [0, 0.1) is 0 Å². The molecule has 0 bridgehead atoms. The first kappa shape index (κ1) is 19.5. The summed E-state index contributed by atoms with van der Waals surface area (Å²) in [5.41, 5.74) is 2.30. The van der Waals surface area contributed by atoms with E-state index in [0.29, 0.717) is 17.8 Å². The van der Waals surface area contributed by atoms with Crippen molar-refractivity contribution in [1.29, 1.82) is 0 Å². The molecule has 0 fully saturated rings. The second-order valence-electron chi connectivity index (χ2n) is 6.74. The van der Waals surface area contributed by atoms with Crippen molar-refractivity contribution in [3.8, 4) is 0 Å². The number of nitrogens with one attached hydrogen (secondary N) is 2. The highest BCUT2D eigenvalue weighted by atomic mass is 32.2. The smallest absolute Gasteiger partial charge is 0.338 e. The molecule has 0 saturated carbocycles. The third kappa shape index (κ3) is 5.35. The average molecular weight is 388 g/mol. The topological polar surface area (TPSA) is 84.5 Å². The van der Waals surface area contributed by atoms with E-state index < -0.39 is 5.97 Å². The molecular formula is C20H24N2O4S. The lowest BCUT2D eigenvalue weighted by molar-refractivity contribution is -0.124. The Morgan fingerprint density at radius 1 is 1.33 bits per heavy atom. The molecule has 0 spiro atoms. The van der Waals surface area contributed by atoms with E-state index in [-0.39, 0.29) is 23.7 Å². The van der Waals surface area contributed by atoms with Crippen LogP contribution in [0.2, 0.25) is 0 Å². The van der Waals surface area contributed by atoms with Crippen LogP contribution in [0.3, 0.4) is 0 Å².